The van der Waals surface area contributed by atoms with Gasteiger partial charge in [-0.3, -0.25) is 4.79 Å². The minimum absolute atomic E-state index is 0.159. The van der Waals surface area contributed by atoms with Crippen LogP contribution < -0.4 is 5.32 Å². The molecule has 0 aliphatic rings. The number of carbonyl (C=O) groups excluding carboxylic acids is 1. The average molecular weight is 342 g/mol. The van der Waals surface area contributed by atoms with E-state index in [4.69, 9.17) is 0 Å². The molecule has 0 saturated carbocycles. The number of carbonyl (C=O) groups is 1. The minimum atomic E-state index is 0.159. The molecule has 0 aliphatic heterocycles. The van der Waals surface area contributed by atoms with Crippen LogP contribution in [0.15, 0.2) is 21.7 Å². The number of thioether (sulfide) groups is 1. The van der Waals surface area contributed by atoms with E-state index in [1.54, 1.807) is 23.1 Å². The van der Waals surface area contributed by atoms with Crippen LogP contribution in [0.1, 0.15) is 71.1 Å². The van der Waals surface area contributed by atoms with E-state index in [0.717, 1.165) is 13.0 Å². The smallest absolute Gasteiger partial charge is 0.230 e. The molecular weight excluding hydrogens is 310 g/mol. The lowest BCUT2D eigenvalue weighted by molar-refractivity contribution is -0.118. The van der Waals surface area contributed by atoms with E-state index in [-0.39, 0.29) is 5.91 Å². The van der Waals surface area contributed by atoms with Crippen LogP contribution in [0.3, 0.4) is 0 Å². The highest BCUT2D eigenvalue weighted by Gasteiger charge is 2.02. The van der Waals surface area contributed by atoms with Crippen molar-refractivity contribution in [2.75, 3.05) is 12.3 Å². The summed E-state index contributed by atoms with van der Waals surface area (Å²) in [5, 5.41) is 7.14. The molecule has 1 N–H and O–H groups in total. The van der Waals surface area contributed by atoms with E-state index in [1.165, 1.54) is 62.7 Å². The fourth-order valence-corrected chi connectivity index (χ4v) is 3.98. The predicted molar refractivity (Wildman–Crippen MR) is 99.9 cm³/mol. The first-order valence-electron chi connectivity index (χ1n) is 8.74. The van der Waals surface area contributed by atoms with Crippen molar-refractivity contribution in [1.29, 1.82) is 0 Å². The first-order valence-corrected chi connectivity index (χ1v) is 10.7. The van der Waals surface area contributed by atoms with Gasteiger partial charge in [0.1, 0.15) is 0 Å². The normalized spacial score (nSPS) is 10.8. The lowest BCUT2D eigenvalue weighted by Crippen LogP contribution is -2.26. The molecule has 22 heavy (non-hydrogen) atoms. The molecule has 0 aliphatic carbocycles. The van der Waals surface area contributed by atoms with Crippen LogP contribution in [0, 0.1) is 0 Å². The van der Waals surface area contributed by atoms with Gasteiger partial charge in [-0.15, -0.1) is 11.8 Å². The van der Waals surface area contributed by atoms with Crippen LogP contribution in [-0.4, -0.2) is 18.2 Å². The van der Waals surface area contributed by atoms with Crippen molar-refractivity contribution in [1.82, 2.24) is 5.32 Å². The Balaban J connectivity index is 1.80. The molecule has 0 spiro atoms. The van der Waals surface area contributed by atoms with Crippen molar-refractivity contribution in [3.8, 4) is 0 Å². The molecule has 0 radical (unpaired) electrons. The van der Waals surface area contributed by atoms with Crippen LogP contribution in [0.4, 0.5) is 0 Å². The van der Waals surface area contributed by atoms with Gasteiger partial charge in [-0.1, -0.05) is 64.7 Å². The van der Waals surface area contributed by atoms with Crippen molar-refractivity contribution >= 4 is 29.0 Å². The van der Waals surface area contributed by atoms with E-state index in [2.05, 4.69) is 23.7 Å². The second kappa shape index (κ2) is 14.1. The van der Waals surface area contributed by atoms with Gasteiger partial charge in [0.25, 0.3) is 0 Å². The fourth-order valence-electron chi connectivity index (χ4n) is 2.37. The lowest BCUT2D eigenvalue weighted by Gasteiger charge is -2.05. The molecule has 0 saturated heterocycles. The van der Waals surface area contributed by atoms with Crippen molar-refractivity contribution in [2.24, 2.45) is 0 Å². The molecule has 126 valence electrons. The molecule has 0 fully saturated rings. The SMILES string of the molecule is CCCCCCCCCCCCNC(=O)CSc1ccsc1. The Morgan fingerprint density at radius 3 is 2.27 bits per heavy atom. The molecule has 1 rings (SSSR count). The van der Waals surface area contributed by atoms with Crippen molar-refractivity contribution in [3.63, 3.8) is 0 Å². The zero-order valence-corrected chi connectivity index (χ0v) is 15.6. The highest BCUT2D eigenvalue weighted by Crippen LogP contribution is 2.20. The minimum Gasteiger partial charge on any atom is -0.355 e. The Labute approximate surface area is 144 Å². The number of hydrogen-bond donors (Lipinski definition) is 1. The van der Waals surface area contributed by atoms with E-state index >= 15 is 0 Å². The van der Waals surface area contributed by atoms with Gasteiger partial charge < -0.3 is 5.32 Å². The molecule has 1 aromatic rings. The number of amides is 1. The Bertz CT molecular complexity index is 365. The van der Waals surface area contributed by atoms with Crippen LogP contribution >= 0.6 is 23.1 Å². The summed E-state index contributed by atoms with van der Waals surface area (Å²) in [5.74, 6) is 0.696. The lowest BCUT2D eigenvalue weighted by atomic mass is 10.1. The van der Waals surface area contributed by atoms with Gasteiger partial charge in [-0.05, 0) is 17.9 Å². The largest absolute Gasteiger partial charge is 0.355 e. The standard InChI is InChI=1S/C18H31NOS2/c1-2-3-4-5-6-7-8-9-10-11-13-19-18(20)16-22-17-12-14-21-15-17/h12,14-15H,2-11,13,16H2,1H3,(H,19,20). The molecule has 1 amide bonds. The molecule has 0 aromatic carbocycles. The maximum absolute atomic E-state index is 11.7. The van der Waals surface area contributed by atoms with Gasteiger partial charge in [0.2, 0.25) is 5.91 Å². The molecule has 4 heteroatoms. The van der Waals surface area contributed by atoms with Crippen LogP contribution in [0.5, 0.6) is 0 Å². The molecule has 0 bridgehead atoms. The van der Waals surface area contributed by atoms with Gasteiger partial charge in [-0.25, -0.2) is 0 Å². The summed E-state index contributed by atoms with van der Waals surface area (Å²) < 4.78 is 0. The molecule has 1 heterocycles. The highest BCUT2D eigenvalue weighted by molar-refractivity contribution is 8.00. The maximum atomic E-state index is 11.7. The maximum Gasteiger partial charge on any atom is 0.230 e. The summed E-state index contributed by atoms with van der Waals surface area (Å²) in [6, 6.07) is 2.06. The third-order valence-electron chi connectivity index (χ3n) is 3.72. The van der Waals surface area contributed by atoms with E-state index < -0.39 is 0 Å². The van der Waals surface area contributed by atoms with Gasteiger partial charge in [0.05, 0.1) is 5.75 Å². The molecule has 0 unspecified atom stereocenters. The second-order valence-electron chi connectivity index (χ2n) is 5.78. The molecule has 1 aromatic heterocycles. The van der Waals surface area contributed by atoms with Crippen LogP contribution in [0.2, 0.25) is 0 Å². The average Bonchev–Trinajstić information content (AvgIpc) is 3.04. The number of unbranched alkanes of at least 4 members (excludes halogenated alkanes) is 9. The molecule has 2 nitrogen and oxygen atoms in total. The fraction of sp³-hybridized carbons (Fsp3) is 0.722. The quantitative estimate of drug-likeness (QED) is 0.338. The van der Waals surface area contributed by atoms with E-state index in [0.29, 0.717) is 5.75 Å². The summed E-state index contributed by atoms with van der Waals surface area (Å²) in [5.41, 5.74) is 0. The van der Waals surface area contributed by atoms with Crippen LogP contribution in [0.25, 0.3) is 0 Å². The van der Waals surface area contributed by atoms with Crippen molar-refractivity contribution < 1.29 is 4.79 Å². The van der Waals surface area contributed by atoms with Crippen molar-refractivity contribution in [2.45, 2.75) is 76.0 Å². The Morgan fingerprint density at radius 2 is 1.68 bits per heavy atom. The first kappa shape index (κ1) is 19.6. The topological polar surface area (TPSA) is 29.1 Å². The van der Waals surface area contributed by atoms with Gasteiger partial charge in [0.15, 0.2) is 0 Å². The summed E-state index contributed by atoms with van der Waals surface area (Å²) >= 11 is 3.29. The van der Waals surface area contributed by atoms with Crippen molar-refractivity contribution in [3.05, 3.63) is 16.8 Å². The zero-order valence-electron chi connectivity index (χ0n) is 13.9. The number of rotatable bonds is 14. The number of hydrogen-bond acceptors (Lipinski definition) is 3. The Morgan fingerprint density at radius 1 is 1.05 bits per heavy atom. The summed E-state index contributed by atoms with van der Waals surface area (Å²) in [7, 11) is 0. The monoisotopic (exact) mass is 341 g/mol. The molecular formula is C18H31NOS2. The first-order chi connectivity index (χ1) is 10.8. The summed E-state index contributed by atoms with van der Waals surface area (Å²) in [6.45, 7) is 3.10. The summed E-state index contributed by atoms with van der Waals surface area (Å²) in [6.07, 6.45) is 13.3. The van der Waals surface area contributed by atoms with Gasteiger partial charge in [-0.2, -0.15) is 11.3 Å². The van der Waals surface area contributed by atoms with E-state index in [1.807, 2.05) is 5.38 Å². The van der Waals surface area contributed by atoms with Crippen LogP contribution in [-0.2, 0) is 4.79 Å². The molecule has 0 atom stereocenters. The van der Waals surface area contributed by atoms with Gasteiger partial charge >= 0.3 is 0 Å². The summed E-state index contributed by atoms with van der Waals surface area (Å²) in [4.78, 5) is 12.9. The number of thiophene rings is 1. The van der Waals surface area contributed by atoms with E-state index in [9.17, 15) is 4.79 Å². The Kier molecular flexibility index (Phi) is 12.6. The Hall–Kier alpha value is -0.480. The third kappa shape index (κ3) is 11.1. The zero-order chi connectivity index (χ0) is 15.9. The highest BCUT2D eigenvalue weighted by atomic mass is 32.2. The van der Waals surface area contributed by atoms with Gasteiger partial charge in [0, 0.05) is 16.8 Å². The second-order valence-corrected chi connectivity index (χ2v) is 7.61. The predicted octanol–water partition coefficient (Wildman–Crippen LogP) is 5.88. The third-order valence-corrected chi connectivity index (χ3v) is 5.54. The number of nitrogens with one attached hydrogen (secondary N) is 1.